The fourth-order valence-corrected chi connectivity index (χ4v) is 1.39. The highest BCUT2D eigenvalue weighted by atomic mass is 127. The topological polar surface area (TPSA) is 17.8 Å². The molecule has 9 heavy (non-hydrogen) atoms. The Balaban J connectivity index is 2.61. The molecule has 50 valence electrons. The molecule has 0 saturated carbocycles. The van der Waals surface area contributed by atoms with Crippen LogP contribution in [0.4, 0.5) is 0 Å². The first kappa shape index (κ1) is 7.40. The lowest BCUT2D eigenvalue weighted by molar-refractivity contribution is 0.752. The van der Waals surface area contributed by atoms with Gasteiger partial charge in [-0.05, 0) is 28.8 Å². The van der Waals surface area contributed by atoms with Gasteiger partial charge in [0.15, 0.2) is 0 Å². The molecule has 0 fully saturated rings. The summed E-state index contributed by atoms with van der Waals surface area (Å²) in [4.78, 5) is 0. The van der Waals surface area contributed by atoms with Gasteiger partial charge in [-0.15, -0.1) is 11.8 Å². The predicted octanol–water partition coefficient (Wildman–Crippen LogP) is 1.81. The molecule has 0 unspecified atom stereocenters. The van der Waals surface area contributed by atoms with Gasteiger partial charge in [-0.2, -0.15) is 5.10 Å². The van der Waals surface area contributed by atoms with Gasteiger partial charge >= 0.3 is 0 Å². The Morgan fingerprint density at radius 1 is 1.89 bits per heavy atom. The van der Waals surface area contributed by atoms with Gasteiger partial charge in [0.05, 0.1) is 15.6 Å². The van der Waals surface area contributed by atoms with Crippen LogP contribution in [-0.2, 0) is 5.88 Å². The number of thioether (sulfide) groups is 1. The largest absolute Gasteiger partial charge is 0.262 e. The molecule has 0 radical (unpaired) electrons. The molecular formula is C5H7IN2S. The molecular weight excluding hydrogens is 247 g/mol. The number of halogens is 1. The van der Waals surface area contributed by atoms with E-state index in [1.54, 1.807) is 11.8 Å². The van der Waals surface area contributed by atoms with Gasteiger partial charge in [0, 0.05) is 6.20 Å². The van der Waals surface area contributed by atoms with Gasteiger partial charge < -0.3 is 0 Å². The second-order valence-electron chi connectivity index (χ2n) is 1.62. The van der Waals surface area contributed by atoms with Crippen molar-refractivity contribution in [2.75, 3.05) is 6.26 Å². The van der Waals surface area contributed by atoms with Crippen molar-refractivity contribution < 1.29 is 0 Å². The second kappa shape index (κ2) is 3.46. The molecule has 1 aromatic rings. The van der Waals surface area contributed by atoms with E-state index in [0.717, 1.165) is 5.88 Å². The maximum Gasteiger partial charge on any atom is 0.0860 e. The van der Waals surface area contributed by atoms with E-state index in [1.807, 2.05) is 17.1 Å². The first-order valence-corrected chi connectivity index (χ1v) is 4.97. The highest BCUT2D eigenvalue weighted by Gasteiger charge is 1.90. The minimum Gasteiger partial charge on any atom is -0.262 e. The van der Waals surface area contributed by atoms with E-state index in [0.29, 0.717) is 0 Å². The van der Waals surface area contributed by atoms with Gasteiger partial charge in [0.25, 0.3) is 0 Å². The van der Waals surface area contributed by atoms with Crippen molar-refractivity contribution in [3.63, 3.8) is 0 Å². The molecule has 1 heterocycles. The van der Waals surface area contributed by atoms with Crippen LogP contribution in [0.1, 0.15) is 0 Å². The number of hydrogen-bond acceptors (Lipinski definition) is 2. The van der Waals surface area contributed by atoms with E-state index >= 15 is 0 Å². The number of aromatic nitrogens is 2. The average molecular weight is 254 g/mol. The number of rotatable bonds is 2. The van der Waals surface area contributed by atoms with Crippen LogP contribution in [0.3, 0.4) is 0 Å². The zero-order valence-electron chi connectivity index (χ0n) is 5.04. The molecule has 0 atom stereocenters. The van der Waals surface area contributed by atoms with E-state index < -0.39 is 0 Å². The lowest BCUT2D eigenvalue weighted by Gasteiger charge is -1.92. The molecule has 0 aliphatic heterocycles. The molecule has 0 aliphatic rings. The lowest BCUT2D eigenvalue weighted by Crippen LogP contribution is -1.92. The van der Waals surface area contributed by atoms with Crippen LogP contribution >= 0.6 is 34.4 Å². The molecule has 0 amide bonds. The highest BCUT2D eigenvalue weighted by Crippen LogP contribution is 2.03. The van der Waals surface area contributed by atoms with Crippen LogP contribution in [0.2, 0.25) is 0 Å². The monoisotopic (exact) mass is 254 g/mol. The van der Waals surface area contributed by atoms with Crippen molar-refractivity contribution in [3.8, 4) is 0 Å². The molecule has 1 rings (SSSR count). The normalized spacial score (nSPS) is 10.0. The Kier molecular flexibility index (Phi) is 2.84. The molecule has 2 nitrogen and oxygen atoms in total. The molecule has 0 aromatic carbocycles. The standard InChI is InChI=1S/C5H7IN2S/c1-9-4-8-3-5(6)2-7-8/h2-3H,4H2,1H3. The van der Waals surface area contributed by atoms with Gasteiger partial charge in [-0.25, -0.2) is 0 Å². The van der Waals surface area contributed by atoms with Crippen molar-refractivity contribution >= 4 is 34.4 Å². The molecule has 0 spiro atoms. The van der Waals surface area contributed by atoms with Crippen LogP contribution in [0.5, 0.6) is 0 Å². The minimum atomic E-state index is 0.947. The predicted molar refractivity (Wildman–Crippen MR) is 48.5 cm³/mol. The summed E-state index contributed by atoms with van der Waals surface area (Å²) in [7, 11) is 0. The number of nitrogens with zero attached hydrogens (tertiary/aromatic N) is 2. The Labute approximate surface area is 72.2 Å². The van der Waals surface area contributed by atoms with Gasteiger partial charge in [-0.1, -0.05) is 0 Å². The van der Waals surface area contributed by atoms with Gasteiger partial charge in [0.1, 0.15) is 0 Å². The third-order valence-electron chi connectivity index (χ3n) is 0.863. The summed E-state index contributed by atoms with van der Waals surface area (Å²) in [6, 6.07) is 0. The molecule has 0 bridgehead atoms. The van der Waals surface area contributed by atoms with Crippen LogP contribution in [0.25, 0.3) is 0 Å². The second-order valence-corrected chi connectivity index (χ2v) is 3.70. The van der Waals surface area contributed by atoms with Crippen molar-refractivity contribution in [1.82, 2.24) is 9.78 Å². The Morgan fingerprint density at radius 2 is 2.67 bits per heavy atom. The van der Waals surface area contributed by atoms with Crippen molar-refractivity contribution in [1.29, 1.82) is 0 Å². The zero-order chi connectivity index (χ0) is 6.69. The van der Waals surface area contributed by atoms with E-state index in [4.69, 9.17) is 0 Å². The highest BCUT2D eigenvalue weighted by molar-refractivity contribution is 14.1. The fourth-order valence-electron chi connectivity index (χ4n) is 0.541. The van der Waals surface area contributed by atoms with Gasteiger partial charge in [0.2, 0.25) is 0 Å². The smallest absolute Gasteiger partial charge is 0.0860 e. The van der Waals surface area contributed by atoms with Crippen molar-refractivity contribution in [2.24, 2.45) is 0 Å². The first-order valence-electron chi connectivity index (χ1n) is 2.50. The fraction of sp³-hybridized carbons (Fsp3) is 0.400. The Bertz CT molecular complexity index is 187. The molecule has 1 aromatic heterocycles. The van der Waals surface area contributed by atoms with E-state index in [2.05, 4.69) is 33.9 Å². The lowest BCUT2D eigenvalue weighted by atomic mass is 10.8. The summed E-state index contributed by atoms with van der Waals surface area (Å²) in [5, 5.41) is 4.09. The van der Waals surface area contributed by atoms with E-state index in [9.17, 15) is 0 Å². The maximum absolute atomic E-state index is 4.09. The van der Waals surface area contributed by atoms with Crippen molar-refractivity contribution in [2.45, 2.75) is 5.88 Å². The Morgan fingerprint density at radius 3 is 3.11 bits per heavy atom. The van der Waals surface area contributed by atoms with Gasteiger partial charge in [-0.3, -0.25) is 4.68 Å². The third-order valence-corrected chi connectivity index (χ3v) is 1.94. The summed E-state index contributed by atoms with van der Waals surface area (Å²) in [6.07, 6.45) is 5.95. The van der Waals surface area contributed by atoms with Crippen LogP contribution in [0, 0.1) is 3.57 Å². The first-order chi connectivity index (χ1) is 4.33. The summed E-state index contributed by atoms with van der Waals surface area (Å²) < 4.78 is 3.12. The van der Waals surface area contributed by atoms with Crippen LogP contribution in [-0.4, -0.2) is 16.0 Å². The van der Waals surface area contributed by atoms with E-state index in [1.165, 1.54) is 3.57 Å². The summed E-state index contributed by atoms with van der Waals surface area (Å²) in [5.41, 5.74) is 0. The zero-order valence-corrected chi connectivity index (χ0v) is 8.02. The average Bonchev–Trinajstić information content (AvgIpc) is 2.17. The molecule has 0 saturated heterocycles. The van der Waals surface area contributed by atoms with Crippen LogP contribution in [0.15, 0.2) is 12.4 Å². The van der Waals surface area contributed by atoms with Crippen LogP contribution < -0.4 is 0 Å². The van der Waals surface area contributed by atoms with Crippen molar-refractivity contribution in [3.05, 3.63) is 16.0 Å². The minimum absolute atomic E-state index is 0.947. The summed E-state index contributed by atoms with van der Waals surface area (Å²) in [6.45, 7) is 0. The maximum atomic E-state index is 4.09. The third kappa shape index (κ3) is 2.17. The quantitative estimate of drug-likeness (QED) is 0.749. The Hall–Kier alpha value is 0.290. The summed E-state index contributed by atoms with van der Waals surface area (Å²) >= 11 is 4.01. The van der Waals surface area contributed by atoms with E-state index in [-0.39, 0.29) is 0 Å². The molecule has 4 heteroatoms. The molecule has 0 aliphatic carbocycles. The summed E-state index contributed by atoms with van der Waals surface area (Å²) in [5.74, 6) is 0.947. The molecule has 0 N–H and O–H groups in total. The number of hydrogen-bond donors (Lipinski definition) is 0. The SMILES string of the molecule is CSCn1cc(I)cn1.